The van der Waals surface area contributed by atoms with Crippen LogP contribution >= 0.6 is 0 Å². The highest BCUT2D eigenvalue weighted by atomic mass is 16.5. The van der Waals surface area contributed by atoms with Crippen LogP contribution in [0.25, 0.3) is 0 Å². The first kappa shape index (κ1) is 16.3. The van der Waals surface area contributed by atoms with E-state index in [0.717, 1.165) is 51.1 Å². The first-order valence-electron chi connectivity index (χ1n) is 9.33. The number of nitrogens with one attached hydrogen (secondary N) is 1. The summed E-state index contributed by atoms with van der Waals surface area (Å²) in [6, 6.07) is 9.18. The zero-order chi connectivity index (χ0) is 16.4. The van der Waals surface area contributed by atoms with Gasteiger partial charge in [0.25, 0.3) is 0 Å². The lowest BCUT2D eigenvalue weighted by Crippen LogP contribution is -2.55. The van der Waals surface area contributed by atoms with Gasteiger partial charge >= 0.3 is 0 Å². The number of β-amino-alcohol motifs (C(OH)–C–C–N with tert-alkyl or cyclic N) is 1. The smallest absolute Gasteiger partial charge is 0.119 e. The first-order chi connectivity index (χ1) is 11.8. The number of benzene rings is 1. The van der Waals surface area contributed by atoms with Gasteiger partial charge in [0.05, 0.1) is 12.7 Å². The lowest BCUT2D eigenvalue weighted by Gasteiger charge is -2.42. The average molecular weight is 331 g/mol. The molecule has 2 atom stereocenters. The van der Waals surface area contributed by atoms with E-state index in [0.29, 0.717) is 5.92 Å². The molecule has 3 saturated heterocycles. The van der Waals surface area contributed by atoms with Gasteiger partial charge in [0.15, 0.2) is 0 Å². The second-order valence-electron chi connectivity index (χ2n) is 7.60. The molecule has 3 heterocycles. The van der Waals surface area contributed by atoms with Crippen molar-refractivity contribution in [1.29, 1.82) is 0 Å². The van der Waals surface area contributed by atoms with Crippen LogP contribution in [0.4, 0.5) is 0 Å². The van der Waals surface area contributed by atoms with Crippen LogP contribution in [-0.4, -0.2) is 72.9 Å². The van der Waals surface area contributed by atoms with Gasteiger partial charge in [-0.1, -0.05) is 12.1 Å². The Bertz CT molecular complexity index is 547. The summed E-state index contributed by atoms with van der Waals surface area (Å²) >= 11 is 0. The fourth-order valence-electron chi connectivity index (χ4n) is 4.19. The maximum absolute atomic E-state index is 9.39. The molecule has 3 aliphatic rings. The molecule has 24 heavy (non-hydrogen) atoms. The van der Waals surface area contributed by atoms with Crippen molar-refractivity contribution in [3.8, 4) is 5.75 Å². The third-order valence-corrected chi connectivity index (χ3v) is 5.60. The Morgan fingerprint density at radius 2 is 2.12 bits per heavy atom. The van der Waals surface area contributed by atoms with Gasteiger partial charge in [-0.3, -0.25) is 9.80 Å². The van der Waals surface area contributed by atoms with Gasteiger partial charge in [0, 0.05) is 57.8 Å². The molecule has 0 bridgehead atoms. The Kier molecular flexibility index (Phi) is 5.03. The number of hydrogen-bond acceptors (Lipinski definition) is 5. The topological polar surface area (TPSA) is 48.0 Å². The van der Waals surface area contributed by atoms with Crippen LogP contribution in [0.1, 0.15) is 18.4 Å². The molecule has 2 N–H and O–H groups in total. The maximum atomic E-state index is 9.39. The van der Waals surface area contributed by atoms with Crippen molar-refractivity contribution >= 4 is 0 Å². The molecule has 132 valence electrons. The number of fused-ring (bicyclic) bond motifs is 1. The Balaban J connectivity index is 1.26. The van der Waals surface area contributed by atoms with Crippen molar-refractivity contribution in [2.45, 2.75) is 31.5 Å². The molecule has 0 amide bonds. The van der Waals surface area contributed by atoms with Gasteiger partial charge in [-0.05, 0) is 30.5 Å². The van der Waals surface area contributed by atoms with Gasteiger partial charge in [0.2, 0.25) is 0 Å². The van der Waals surface area contributed by atoms with E-state index in [-0.39, 0.29) is 6.10 Å². The zero-order valence-electron chi connectivity index (χ0n) is 14.4. The molecule has 5 heteroatoms. The van der Waals surface area contributed by atoms with E-state index >= 15 is 0 Å². The van der Waals surface area contributed by atoms with Crippen molar-refractivity contribution in [3.05, 3.63) is 29.8 Å². The number of piperazine rings is 1. The Morgan fingerprint density at radius 3 is 3.00 bits per heavy atom. The molecular weight excluding hydrogens is 302 g/mol. The van der Waals surface area contributed by atoms with Crippen molar-refractivity contribution in [3.63, 3.8) is 0 Å². The number of ether oxygens (including phenoxy) is 1. The fourth-order valence-corrected chi connectivity index (χ4v) is 4.19. The van der Waals surface area contributed by atoms with Crippen LogP contribution in [0, 0.1) is 5.92 Å². The number of rotatable bonds is 5. The Hall–Kier alpha value is -1.14. The Labute approximate surface area is 144 Å². The highest BCUT2D eigenvalue weighted by Gasteiger charge is 2.30. The van der Waals surface area contributed by atoms with E-state index in [1.54, 1.807) is 0 Å². The zero-order valence-corrected chi connectivity index (χ0v) is 14.4. The minimum absolute atomic E-state index is 0.135. The summed E-state index contributed by atoms with van der Waals surface area (Å²) in [5.74, 6) is 1.63. The summed E-state index contributed by atoms with van der Waals surface area (Å²) in [6.45, 7) is 7.94. The summed E-state index contributed by atoms with van der Waals surface area (Å²) in [5.41, 5.74) is 1.27. The molecule has 1 aromatic rings. The molecular formula is C19H29N3O2. The summed E-state index contributed by atoms with van der Waals surface area (Å²) in [6.07, 6.45) is 2.43. The molecule has 3 aliphatic heterocycles. The van der Waals surface area contributed by atoms with Crippen LogP contribution in [0.5, 0.6) is 5.75 Å². The SMILES string of the molecule is OC1CN(Cc2cccc(OC[C@H]3CC[C@H]4CNCCN4C3)c2)C1. The van der Waals surface area contributed by atoms with E-state index in [1.807, 2.05) is 0 Å². The second kappa shape index (κ2) is 7.40. The molecule has 5 nitrogen and oxygen atoms in total. The van der Waals surface area contributed by atoms with Gasteiger partial charge in [-0.15, -0.1) is 0 Å². The van der Waals surface area contributed by atoms with Crippen LogP contribution < -0.4 is 10.1 Å². The lowest BCUT2D eigenvalue weighted by atomic mass is 9.92. The largest absolute Gasteiger partial charge is 0.493 e. The monoisotopic (exact) mass is 331 g/mol. The number of nitrogens with zero attached hydrogens (tertiary/aromatic N) is 2. The predicted octanol–water partition coefficient (Wildman–Crippen LogP) is 0.926. The highest BCUT2D eigenvalue weighted by molar-refractivity contribution is 5.28. The van der Waals surface area contributed by atoms with E-state index < -0.39 is 0 Å². The van der Waals surface area contributed by atoms with E-state index in [4.69, 9.17) is 4.74 Å². The fraction of sp³-hybridized carbons (Fsp3) is 0.684. The molecule has 0 radical (unpaired) electrons. The minimum atomic E-state index is -0.135. The number of likely N-dealkylation sites (tertiary alicyclic amines) is 1. The summed E-state index contributed by atoms with van der Waals surface area (Å²) < 4.78 is 6.11. The molecule has 0 aromatic heterocycles. The average Bonchev–Trinajstić information content (AvgIpc) is 2.59. The van der Waals surface area contributed by atoms with Crippen molar-refractivity contribution in [2.24, 2.45) is 5.92 Å². The quantitative estimate of drug-likeness (QED) is 0.840. The molecule has 1 aromatic carbocycles. The third kappa shape index (κ3) is 3.91. The van der Waals surface area contributed by atoms with Gasteiger partial charge in [-0.25, -0.2) is 0 Å². The lowest BCUT2D eigenvalue weighted by molar-refractivity contribution is -0.00290. The van der Waals surface area contributed by atoms with Crippen molar-refractivity contribution < 1.29 is 9.84 Å². The molecule has 0 aliphatic carbocycles. The van der Waals surface area contributed by atoms with Crippen LogP contribution in [-0.2, 0) is 6.54 Å². The third-order valence-electron chi connectivity index (χ3n) is 5.60. The van der Waals surface area contributed by atoms with E-state index in [2.05, 4.69) is 39.4 Å². The number of aliphatic hydroxyl groups is 1. The summed E-state index contributed by atoms with van der Waals surface area (Å²) in [5, 5.41) is 12.9. The van der Waals surface area contributed by atoms with Gasteiger partial charge in [0.1, 0.15) is 5.75 Å². The Morgan fingerprint density at radius 1 is 1.21 bits per heavy atom. The predicted molar refractivity (Wildman–Crippen MR) is 94.2 cm³/mol. The van der Waals surface area contributed by atoms with Gasteiger partial charge in [-0.2, -0.15) is 0 Å². The molecule has 0 saturated carbocycles. The molecule has 3 fully saturated rings. The van der Waals surface area contributed by atoms with Crippen molar-refractivity contribution in [2.75, 3.05) is 45.9 Å². The number of piperidine rings is 1. The first-order valence-corrected chi connectivity index (χ1v) is 9.33. The highest BCUT2D eigenvalue weighted by Crippen LogP contribution is 2.24. The summed E-state index contributed by atoms with van der Waals surface area (Å²) in [4.78, 5) is 4.90. The summed E-state index contributed by atoms with van der Waals surface area (Å²) in [7, 11) is 0. The number of aliphatic hydroxyl groups excluding tert-OH is 1. The normalized spacial score (nSPS) is 29.0. The minimum Gasteiger partial charge on any atom is -0.493 e. The van der Waals surface area contributed by atoms with Crippen molar-refractivity contribution in [1.82, 2.24) is 15.1 Å². The standard InChI is InChI=1S/C19H29N3O2/c23-18-12-21(13-18)10-15-2-1-3-19(8-15)24-14-16-4-5-17-9-20-6-7-22(17)11-16/h1-3,8,16-18,20,23H,4-7,9-14H2/t16-,17-/m0/s1. The second-order valence-corrected chi connectivity index (χ2v) is 7.60. The molecule has 4 rings (SSSR count). The van der Waals surface area contributed by atoms with Crippen LogP contribution in [0.2, 0.25) is 0 Å². The molecule has 0 spiro atoms. The van der Waals surface area contributed by atoms with Crippen LogP contribution in [0.15, 0.2) is 24.3 Å². The number of hydrogen-bond donors (Lipinski definition) is 2. The molecule has 0 unspecified atom stereocenters. The van der Waals surface area contributed by atoms with E-state index in [1.165, 1.54) is 31.5 Å². The van der Waals surface area contributed by atoms with E-state index in [9.17, 15) is 5.11 Å². The van der Waals surface area contributed by atoms with Crippen LogP contribution in [0.3, 0.4) is 0 Å². The van der Waals surface area contributed by atoms with Gasteiger partial charge < -0.3 is 15.2 Å². The maximum Gasteiger partial charge on any atom is 0.119 e.